The molecule has 148 valence electrons. The summed E-state index contributed by atoms with van der Waals surface area (Å²) in [5.41, 5.74) is 0.869. The Balaban J connectivity index is 1.93. The van der Waals surface area contributed by atoms with E-state index < -0.39 is 16.8 Å². The monoisotopic (exact) mass is 385 g/mol. The molecule has 0 spiro atoms. The Morgan fingerprint density at radius 3 is 2.36 bits per heavy atom. The van der Waals surface area contributed by atoms with Crippen LogP contribution in [0.15, 0.2) is 48.5 Å². The van der Waals surface area contributed by atoms with Crippen LogP contribution in [0.2, 0.25) is 0 Å². The van der Waals surface area contributed by atoms with Crippen molar-refractivity contribution in [2.24, 2.45) is 0 Å². The zero-order chi connectivity index (χ0) is 20.5. The van der Waals surface area contributed by atoms with Crippen molar-refractivity contribution in [3.05, 3.63) is 69.8 Å². The number of nitro groups is 1. The van der Waals surface area contributed by atoms with Crippen LogP contribution in [0.4, 0.5) is 11.4 Å². The fraction of sp³-hybridized carbons (Fsp3) is 0.300. The maximum absolute atomic E-state index is 12.2. The molecule has 28 heavy (non-hydrogen) atoms. The molecule has 8 heteroatoms. The second-order valence-corrected chi connectivity index (χ2v) is 6.00. The van der Waals surface area contributed by atoms with E-state index in [0.29, 0.717) is 24.4 Å². The molecule has 0 unspecified atom stereocenters. The average molecular weight is 385 g/mol. The van der Waals surface area contributed by atoms with Crippen molar-refractivity contribution in [3.63, 3.8) is 0 Å². The number of likely N-dealkylation sites (N-methyl/N-ethyl adjacent to an activating group) is 1. The van der Waals surface area contributed by atoms with Gasteiger partial charge in [0.15, 0.2) is 0 Å². The fourth-order valence-corrected chi connectivity index (χ4v) is 2.54. The molecule has 0 aromatic heterocycles. The number of ether oxygens (including phenoxy) is 1. The smallest absolute Gasteiger partial charge is 0.338 e. The van der Waals surface area contributed by atoms with Crippen molar-refractivity contribution in [3.8, 4) is 0 Å². The lowest BCUT2D eigenvalue weighted by Crippen LogP contribution is -2.27. The highest BCUT2D eigenvalue weighted by Crippen LogP contribution is 2.16. The van der Waals surface area contributed by atoms with E-state index in [1.54, 1.807) is 24.3 Å². The minimum absolute atomic E-state index is 0.157. The predicted octanol–water partition coefficient (Wildman–Crippen LogP) is 3.35. The first-order valence-electron chi connectivity index (χ1n) is 9.00. The number of hydrogen-bond donors (Lipinski definition) is 1. The second kappa shape index (κ2) is 10.2. The molecule has 0 aliphatic heterocycles. The lowest BCUT2D eigenvalue weighted by atomic mass is 10.1. The van der Waals surface area contributed by atoms with Gasteiger partial charge in [0, 0.05) is 29.9 Å². The highest BCUT2D eigenvalue weighted by molar-refractivity contribution is 6.04. The first kappa shape index (κ1) is 21.0. The number of esters is 1. The van der Waals surface area contributed by atoms with Gasteiger partial charge in [0.05, 0.1) is 10.5 Å². The van der Waals surface area contributed by atoms with Gasteiger partial charge >= 0.3 is 5.97 Å². The molecule has 2 aromatic carbocycles. The molecular formula is C20H23N3O5. The van der Waals surface area contributed by atoms with Crippen LogP contribution in [0.1, 0.15) is 34.6 Å². The van der Waals surface area contributed by atoms with Crippen molar-refractivity contribution in [1.29, 1.82) is 0 Å². The summed E-state index contributed by atoms with van der Waals surface area (Å²) in [4.78, 5) is 36.7. The predicted molar refractivity (Wildman–Crippen MR) is 106 cm³/mol. The first-order valence-corrected chi connectivity index (χ1v) is 9.00. The Bertz CT molecular complexity index is 832. The van der Waals surface area contributed by atoms with E-state index in [2.05, 4.69) is 10.2 Å². The number of benzene rings is 2. The van der Waals surface area contributed by atoms with Crippen LogP contribution in [-0.4, -0.2) is 47.9 Å². The van der Waals surface area contributed by atoms with Gasteiger partial charge in [-0.05, 0) is 43.4 Å². The Morgan fingerprint density at radius 2 is 1.75 bits per heavy atom. The zero-order valence-electron chi connectivity index (χ0n) is 15.9. The zero-order valence-corrected chi connectivity index (χ0v) is 15.9. The molecule has 0 saturated carbocycles. The topological polar surface area (TPSA) is 102 Å². The normalized spacial score (nSPS) is 10.5. The molecule has 0 bridgehead atoms. The van der Waals surface area contributed by atoms with E-state index in [0.717, 1.165) is 13.1 Å². The van der Waals surface area contributed by atoms with Crippen molar-refractivity contribution in [2.45, 2.75) is 13.8 Å². The van der Waals surface area contributed by atoms with Crippen LogP contribution in [0.25, 0.3) is 0 Å². The minimum Gasteiger partial charge on any atom is -0.461 e. The van der Waals surface area contributed by atoms with Crippen LogP contribution in [0.3, 0.4) is 0 Å². The molecule has 0 heterocycles. The maximum atomic E-state index is 12.2. The Kier molecular flexibility index (Phi) is 7.65. The van der Waals surface area contributed by atoms with Crippen LogP contribution in [0, 0.1) is 10.1 Å². The van der Waals surface area contributed by atoms with Gasteiger partial charge in [-0.15, -0.1) is 0 Å². The van der Waals surface area contributed by atoms with Crippen LogP contribution in [0.5, 0.6) is 0 Å². The highest BCUT2D eigenvalue weighted by atomic mass is 16.6. The number of hydrogen-bond acceptors (Lipinski definition) is 6. The molecule has 0 aliphatic rings. The molecule has 2 aromatic rings. The molecule has 8 nitrogen and oxygen atoms in total. The van der Waals surface area contributed by atoms with Crippen LogP contribution in [-0.2, 0) is 4.74 Å². The summed E-state index contributed by atoms with van der Waals surface area (Å²) in [6, 6.07) is 11.7. The summed E-state index contributed by atoms with van der Waals surface area (Å²) in [6.07, 6.45) is 0. The van der Waals surface area contributed by atoms with Crippen molar-refractivity contribution in [1.82, 2.24) is 4.90 Å². The molecular weight excluding hydrogens is 362 g/mol. The van der Waals surface area contributed by atoms with Gasteiger partial charge in [0.25, 0.3) is 11.6 Å². The van der Waals surface area contributed by atoms with Crippen molar-refractivity contribution >= 4 is 23.3 Å². The first-order chi connectivity index (χ1) is 13.4. The van der Waals surface area contributed by atoms with Gasteiger partial charge in [-0.1, -0.05) is 19.9 Å². The molecule has 0 atom stereocenters. The van der Waals surface area contributed by atoms with E-state index in [-0.39, 0.29) is 11.3 Å². The second-order valence-electron chi connectivity index (χ2n) is 6.00. The SMILES string of the molecule is CCN(CC)CCOC(=O)c1ccc(NC(=O)c2cccc([N+](=O)[O-])c2)cc1. The lowest BCUT2D eigenvalue weighted by molar-refractivity contribution is -0.384. The van der Waals surface area contributed by atoms with E-state index in [1.165, 1.54) is 24.3 Å². The van der Waals surface area contributed by atoms with E-state index in [1.807, 2.05) is 13.8 Å². The van der Waals surface area contributed by atoms with Gasteiger partial charge < -0.3 is 15.0 Å². The summed E-state index contributed by atoms with van der Waals surface area (Å²) in [5.74, 6) is -0.901. The van der Waals surface area contributed by atoms with Gasteiger partial charge in [0.1, 0.15) is 6.61 Å². The molecule has 0 fully saturated rings. The number of nitro benzene ring substituents is 1. The van der Waals surface area contributed by atoms with Gasteiger partial charge in [-0.25, -0.2) is 4.79 Å². The molecule has 0 radical (unpaired) electrons. The third-order valence-electron chi connectivity index (χ3n) is 4.23. The van der Waals surface area contributed by atoms with Gasteiger partial charge in [0.2, 0.25) is 0 Å². The molecule has 1 N–H and O–H groups in total. The largest absolute Gasteiger partial charge is 0.461 e. The van der Waals surface area contributed by atoms with Crippen molar-refractivity contribution in [2.75, 3.05) is 31.6 Å². The van der Waals surface area contributed by atoms with Crippen LogP contribution < -0.4 is 5.32 Å². The summed E-state index contributed by atoms with van der Waals surface area (Å²) >= 11 is 0. The summed E-state index contributed by atoms with van der Waals surface area (Å²) < 4.78 is 5.26. The highest BCUT2D eigenvalue weighted by Gasteiger charge is 2.13. The number of non-ortho nitro benzene ring substituents is 1. The molecule has 0 saturated heterocycles. The van der Waals surface area contributed by atoms with E-state index in [9.17, 15) is 19.7 Å². The summed E-state index contributed by atoms with van der Waals surface area (Å²) in [6.45, 7) is 6.87. The minimum atomic E-state index is -0.558. The Morgan fingerprint density at radius 1 is 1.07 bits per heavy atom. The Labute approximate surface area is 163 Å². The average Bonchev–Trinajstić information content (AvgIpc) is 2.71. The molecule has 2 rings (SSSR count). The third-order valence-corrected chi connectivity index (χ3v) is 4.23. The number of carbonyl (C=O) groups is 2. The van der Waals surface area contributed by atoms with Crippen LogP contribution >= 0.6 is 0 Å². The van der Waals surface area contributed by atoms with E-state index >= 15 is 0 Å². The maximum Gasteiger partial charge on any atom is 0.338 e. The quantitative estimate of drug-likeness (QED) is 0.403. The number of rotatable bonds is 9. The summed E-state index contributed by atoms with van der Waals surface area (Å²) in [5, 5.41) is 13.5. The van der Waals surface area contributed by atoms with Gasteiger partial charge in [-0.2, -0.15) is 0 Å². The molecule has 1 amide bonds. The van der Waals surface area contributed by atoms with E-state index in [4.69, 9.17) is 4.74 Å². The number of nitrogens with zero attached hydrogens (tertiary/aromatic N) is 2. The molecule has 0 aliphatic carbocycles. The van der Waals surface area contributed by atoms with Crippen molar-refractivity contribution < 1.29 is 19.2 Å². The fourth-order valence-electron chi connectivity index (χ4n) is 2.54. The van der Waals surface area contributed by atoms with Gasteiger partial charge in [-0.3, -0.25) is 14.9 Å². The third kappa shape index (κ3) is 5.88. The number of nitrogens with one attached hydrogen (secondary N) is 1. The summed E-state index contributed by atoms with van der Waals surface area (Å²) in [7, 11) is 0. The number of anilines is 1. The number of amides is 1. The lowest BCUT2D eigenvalue weighted by Gasteiger charge is -2.17. The number of carbonyl (C=O) groups excluding carboxylic acids is 2. The standard InChI is InChI=1S/C20H23N3O5/c1-3-22(4-2)12-13-28-20(25)15-8-10-17(11-9-15)21-19(24)16-6-5-7-18(14-16)23(26)27/h5-11,14H,3-4,12-13H2,1-2H3,(H,21,24). The Hall–Kier alpha value is -3.26.